The second-order valence-electron chi connectivity index (χ2n) is 6.75. The molecule has 0 unspecified atom stereocenters. The fourth-order valence-corrected chi connectivity index (χ4v) is 2.72. The van der Waals surface area contributed by atoms with Gasteiger partial charge in [0.15, 0.2) is 0 Å². The monoisotopic (exact) mass is 314 g/mol. The lowest BCUT2D eigenvalue weighted by Crippen LogP contribution is -2.33. The highest BCUT2D eigenvalue weighted by Crippen LogP contribution is 2.25. The molecule has 2 aromatic rings. The molecule has 1 heterocycles. The minimum Gasteiger partial charge on any atom is -0.444 e. The highest BCUT2D eigenvalue weighted by atomic mass is 16.6. The Kier molecular flexibility index (Phi) is 5.14. The fourth-order valence-electron chi connectivity index (χ4n) is 2.72. The fraction of sp³-hybridized carbons (Fsp3) is 0.421. The van der Waals surface area contributed by atoms with Crippen LogP contribution in [0.2, 0.25) is 0 Å². The van der Waals surface area contributed by atoms with E-state index < -0.39 is 5.60 Å². The molecule has 0 aliphatic heterocycles. The Morgan fingerprint density at radius 1 is 1.39 bits per heavy atom. The largest absolute Gasteiger partial charge is 0.444 e. The lowest BCUT2D eigenvalue weighted by Gasteiger charge is -2.19. The van der Waals surface area contributed by atoms with E-state index in [1.54, 1.807) is 0 Å². The molecule has 0 radical (unpaired) electrons. The van der Waals surface area contributed by atoms with Gasteiger partial charge in [0, 0.05) is 24.7 Å². The van der Waals surface area contributed by atoms with Crippen molar-refractivity contribution in [2.75, 3.05) is 6.54 Å². The van der Waals surface area contributed by atoms with Crippen molar-refractivity contribution >= 4 is 17.0 Å². The van der Waals surface area contributed by atoms with Crippen molar-refractivity contribution < 1.29 is 9.53 Å². The molecule has 1 N–H and O–H groups in total. The average Bonchev–Trinajstić information content (AvgIpc) is 2.77. The van der Waals surface area contributed by atoms with Crippen LogP contribution in [0.1, 0.15) is 31.9 Å². The maximum atomic E-state index is 11.7. The van der Waals surface area contributed by atoms with Crippen molar-refractivity contribution in [3.8, 4) is 0 Å². The van der Waals surface area contributed by atoms with Gasteiger partial charge in [0.05, 0.1) is 5.52 Å². The summed E-state index contributed by atoms with van der Waals surface area (Å²) in [6.07, 6.45) is 4.44. The van der Waals surface area contributed by atoms with E-state index in [9.17, 15) is 4.79 Å². The van der Waals surface area contributed by atoms with Crippen LogP contribution in [0.25, 0.3) is 10.9 Å². The van der Waals surface area contributed by atoms with Gasteiger partial charge in [-0.15, -0.1) is 6.58 Å². The molecule has 0 aliphatic rings. The number of amides is 1. The van der Waals surface area contributed by atoms with E-state index in [2.05, 4.69) is 47.8 Å². The molecule has 0 spiro atoms. The quantitative estimate of drug-likeness (QED) is 0.840. The third-order valence-corrected chi connectivity index (χ3v) is 3.57. The van der Waals surface area contributed by atoms with E-state index in [0.717, 1.165) is 13.0 Å². The Morgan fingerprint density at radius 3 is 2.78 bits per heavy atom. The summed E-state index contributed by atoms with van der Waals surface area (Å²) >= 11 is 0. The summed E-state index contributed by atoms with van der Waals surface area (Å²) in [5.41, 5.74) is 3.23. The van der Waals surface area contributed by atoms with E-state index in [0.29, 0.717) is 6.54 Å². The summed E-state index contributed by atoms with van der Waals surface area (Å²) in [6.45, 7) is 12.9. The maximum absolute atomic E-state index is 11.7. The van der Waals surface area contributed by atoms with Crippen LogP contribution < -0.4 is 5.32 Å². The third-order valence-electron chi connectivity index (χ3n) is 3.57. The van der Waals surface area contributed by atoms with Gasteiger partial charge in [-0.25, -0.2) is 4.79 Å². The Hall–Kier alpha value is -2.23. The zero-order valence-electron chi connectivity index (χ0n) is 14.5. The van der Waals surface area contributed by atoms with Crippen LogP contribution >= 0.6 is 0 Å². The molecular weight excluding hydrogens is 288 g/mol. The number of para-hydroxylation sites is 1. The number of allylic oxidation sites excluding steroid dienone is 1. The molecule has 1 aromatic carbocycles. The topological polar surface area (TPSA) is 43.3 Å². The van der Waals surface area contributed by atoms with Crippen LogP contribution in [-0.2, 0) is 17.7 Å². The lowest BCUT2D eigenvalue weighted by atomic mass is 10.1. The molecular formula is C19H26N2O2. The molecule has 4 nitrogen and oxygen atoms in total. The summed E-state index contributed by atoms with van der Waals surface area (Å²) in [7, 11) is 0. The minimum absolute atomic E-state index is 0.372. The summed E-state index contributed by atoms with van der Waals surface area (Å²) in [5.74, 6) is 0. The zero-order valence-corrected chi connectivity index (χ0v) is 14.5. The van der Waals surface area contributed by atoms with Crippen LogP contribution in [0.3, 0.4) is 0 Å². The van der Waals surface area contributed by atoms with Crippen molar-refractivity contribution in [3.63, 3.8) is 0 Å². The Morgan fingerprint density at radius 2 is 2.13 bits per heavy atom. The van der Waals surface area contributed by atoms with E-state index in [-0.39, 0.29) is 6.09 Å². The van der Waals surface area contributed by atoms with Crippen molar-refractivity contribution in [1.29, 1.82) is 0 Å². The summed E-state index contributed by atoms with van der Waals surface area (Å²) < 4.78 is 7.47. The smallest absolute Gasteiger partial charge is 0.407 e. The minimum atomic E-state index is -0.471. The molecule has 1 aromatic heterocycles. The first-order valence-electron chi connectivity index (χ1n) is 7.97. The van der Waals surface area contributed by atoms with Crippen molar-refractivity contribution in [3.05, 3.63) is 48.2 Å². The van der Waals surface area contributed by atoms with Crippen molar-refractivity contribution in [1.82, 2.24) is 9.88 Å². The van der Waals surface area contributed by atoms with Crippen LogP contribution in [0, 0.1) is 6.92 Å². The van der Waals surface area contributed by atoms with Crippen molar-refractivity contribution in [2.45, 2.75) is 46.3 Å². The molecule has 0 saturated heterocycles. The second kappa shape index (κ2) is 6.90. The third kappa shape index (κ3) is 4.38. The lowest BCUT2D eigenvalue weighted by molar-refractivity contribution is 0.0528. The molecule has 0 fully saturated rings. The first kappa shape index (κ1) is 17.1. The summed E-state index contributed by atoms with van der Waals surface area (Å²) in [6, 6.07) is 6.32. The summed E-state index contributed by atoms with van der Waals surface area (Å²) in [5, 5.41) is 4.05. The molecule has 124 valence electrons. The predicted molar refractivity (Wildman–Crippen MR) is 94.8 cm³/mol. The first-order valence-corrected chi connectivity index (χ1v) is 7.97. The Labute approximate surface area is 138 Å². The molecule has 23 heavy (non-hydrogen) atoms. The molecule has 0 bridgehead atoms. The number of nitrogens with one attached hydrogen (secondary N) is 1. The van der Waals surface area contributed by atoms with Gasteiger partial charge < -0.3 is 14.6 Å². The van der Waals surface area contributed by atoms with Crippen LogP contribution in [0.15, 0.2) is 37.1 Å². The van der Waals surface area contributed by atoms with Crippen LogP contribution in [0.4, 0.5) is 4.79 Å². The van der Waals surface area contributed by atoms with Gasteiger partial charge in [0.1, 0.15) is 5.60 Å². The Balaban J connectivity index is 2.10. The highest BCUT2D eigenvalue weighted by Gasteiger charge is 2.16. The number of carbonyl (C=O) groups excluding carboxylic acids is 1. The Bertz CT molecular complexity index is 708. The zero-order chi connectivity index (χ0) is 17.0. The molecule has 1 amide bonds. The van der Waals surface area contributed by atoms with Gasteiger partial charge in [-0.1, -0.05) is 24.3 Å². The number of nitrogens with zero attached hydrogens (tertiary/aromatic N) is 1. The number of carbonyl (C=O) groups is 1. The standard InChI is InChI=1S/C19H26N2O2/c1-6-12-21-13-15(16-9-7-8-14(2)17(16)21)10-11-20-18(22)23-19(3,4)5/h6-9,13H,1,10-12H2,2-5H3,(H,20,22). The highest BCUT2D eigenvalue weighted by molar-refractivity contribution is 5.86. The first-order chi connectivity index (χ1) is 10.8. The average molecular weight is 314 g/mol. The number of benzene rings is 1. The van der Waals surface area contributed by atoms with Gasteiger partial charge in [-0.05, 0) is 45.2 Å². The van der Waals surface area contributed by atoms with Crippen LogP contribution in [0.5, 0.6) is 0 Å². The van der Waals surface area contributed by atoms with Gasteiger partial charge >= 0.3 is 6.09 Å². The molecule has 2 rings (SSSR count). The van der Waals surface area contributed by atoms with Crippen molar-refractivity contribution in [2.24, 2.45) is 0 Å². The molecule has 0 atom stereocenters. The number of rotatable bonds is 5. The molecule has 0 saturated carbocycles. The number of hydrogen-bond donors (Lipinski definition) is 1. The number of fused-ring (bicyclic) bond motifs is 1. The molecule has 4 heteroatoms. The summed E-state index contributed by atoms with van der Waals surface area (Å²) in [4.78, 5) is 11.7. The van der Waals surface area contributed by atoms with E-state index in [1.165, 1.54) is 22.0 Å². The SMILES string of the molecule is C=CCn1cc(CCNC(=O)OC(C)(C)C)c2cccc(C)c21. The normalized spacial score (nSPS) is 11.5. The molecule has 0 aliphatic carbocycles. The number of alkyl carbamates (subject to hydrolysis) is 1. The van der Waals surface area contributed by atoms with Gasteiger partial charge in [-0.3, -0.25) is 0 Å². The van der Waals surface area contributed by atoms with Gasteiger partial charge in [-0.2, -0.15) is 0 Å². The number of aromatic nitrogens is 1. The number of hydrogen-bond acceptors (Lipinski definition) is 2. The van der Waals surface area contributed by atoms with Gasteiger partial charge in [0.2, 0.25) is 0 Å². The second-order valence-corrected chi connectivity index (χ2v) is 6.75. The van der Waals surface area contributed by atoms with E-state index >= 15 is 0 Å². The number of aryl methyl sites for hydroxylation is 1. The number of ether oxygens (including phenoxy) is 1. The van der Waals surface area contributed by atoms with E-state index in [4.69, 9.17) is 4.74 Å². The van der Waals surface area contributed by atoms with Crippen LogP contribution in [-0.4, -0.2) is 22.8 Å². The maximum Gasteiger partial charge on any atom is 0.407 e. The van der Waals surface area contributed by atoms with E-state index in [1.807, 2.05) is 26.8 Å². The van der Waals surface area contributed by atoms with Gasteiger partial charge in [0.25, 0.3) is 0 Å². The predicted octanol–water partition coefficient (Wildman–Crippen LogP) is 4.20.